The molecule has 0 spiro atoms. The van der Waals surface area contributed by atoms with E-state index < -0.39 is 0 Å². The van der Waals surface area contributed by atoms with Gasteiger partial charge < -0.3 is 5.32 Å². The highest BCUT2D eigenvalue weighted by Gasteiger charge is 1.97. The maximum atomic E-state index is 3.29. The van der Waals surface area contributed by atoms with E-state index in [-0.39, 0.29) is 0 Å². The molecule has 1 rings (SSSR count). The quantitative estimate of drug-likeness (QED) is 0.463. The fourth-order valence-electron chi connectivity index (χ4n) is 0.912. The second kappa shape index (κ2) is 2.88. The summed E-state index contributed by atoms with van der Waals surface area (Å²) in [6.45, 7) is 4.49. The molecular weight excluding hydrogens is 98.1 g/mol. The highest BCUT2D eigenvalue weighted by Crippen LogP contribution is 2.03. The van der Waals surface area contributed by atoms with Gasteiger partial charge in [-0.15, -0.1) is 0 Å². The molecule has 0 fully saturated rings. The van der Waals surface area contributed by atoms with E-state index in [1.165, 1.54) is 13.0 Å². The van der Waals surface area contributed by atoms with E-state index in [0.29, 0.717) is 0 Å². The van der Waals surface area contributed by atoms with Gasteiger partial charge in [-0.3, -0.25) is 0 Å². The first-order valence-corrected chi connectivity index (χ1v) is 3.27. The van der Waals surface area contributed by atoms with Gasteiger partial charge in [-0.2, -0.15) is 0 Å². The van der Waals surface area contributed by atoms with Crippen molar-refractivity contribution in [2.24, 2.45) is 5.92 Å². The Morgan fingerprint density at radius 2 is 2.50 bits per heavy atom. The second-order valence-electron chi connectivity index (χ2n) is 2.40. The minimum Gasteiger partial charge on any atom is -0.313 e. The number of rotatable bonds is 0. The van der Waals surface area contributed by atoms with E-state index >= 15 is 0 Å². The SMILES string of the molecule is CC1C=CCNCC1. The van der Waals surface area contributed by atoms with Crippen LogP contribution >= 0.6 is 0 Å². The largest absolute Gasteiger partial charge is 0.313 e. The summed E-state index contributed by atoms with van der Waals surface area (Å²) < 4.78 is 0. The van der Waals surface area contributed by atoms with Gasteiger partial charge in [-0.25, -0.2) is 0 Å². The monoisotopic (exact) mass is 111 g/mol. The fourth-order valence-corrected chi connectivity index (χ4v) is 0.912. The Morgan fingerprint density at radius 1 is 1.62 bits per heavy atom. The summed E-state index contributed by atoms with van der Waals surface area (Å²) in [4.78, 5) is 0. The van der Waals surface area contributed by atoms with Crippen LogP contribution in [-0.2, 0) is 0 Å². The van der Waals surface area contributed by atoms with Crippen molar-refractivity contribution in [3.8, 4) is 0 Å². The molecule has 0 radical (unpaired) electrons. The molecule has 0 aromatic heterocycles. The lowest BCUT2D eigenvalue weighted by Crippen LogP contribution is -2.13. The normalized spacial score (nSPS) is 29.9. The van der Waals surface area contributed by atoms with Crippen LogP contribution in [0.1, 0.15) is 13.3 Å². The molecule has 1 aliphatic rings. The molecule has 1 atom stereocenters. The van der Waals surface area contributed by atoms with Crippen LogP contribution in [0.4, 0.5) is 0 Å². The topological polar surface area (TPSA) is 12.0 Å². The molecule has 1 heteroatoms. The molecule has 1 aliphatic heterocycles. The summed E-state index contributed by atoms with van der Waals surface area (Å²) in [5.41, 5.74) is 0. The Bertz CT molecular complexity index is 86.4. The zero-order chi connectivity index (χ0) is 5.82. The van der Waals surface area contributed by atoms with Crippen molar-refractivity contribution in [1.82, 2.24) is 5.32 Å². The molecule has 0 bridgehead atoms. The van der Waals surface area contributed by atoms with Crippen molar-refractivity contribution in [3.63, 3.8) is 0 Å². The van der Waals surface area contributed by atoms with Crippen LogP contribution in [0.15, 0.2) is 12.2 Å². The van der Waals surface area contributed by atoms with Crippen LogP contribution < -0.4 is 5.32 Å². The minimum absolute atomic E-state index is 0.782. The predicted molar refractivity (Wildman–Crippen MR) is 35.8 cm³/mol. The van der Waals surface area contributed by atoms with Gasteiger partial charge in [0.05, 0.1) is 0 Å². The number of hydrogen-bond acceptors (Lipinski definition) is 1. The van der Waals surface area contributed by atoms with Gasteiger partial charge >= 0.3 is 0 Å². The van der Waals surface area contributed by atoms with Crippen molar-refractivity contribution in [1.29, 1.82) is 0 Å². The van der Waals surface area contributed by atoms with Crippen LogP contribution in [0.2, 0.25) is 0 Å². The maximum Gasteiger partial charge on any atom is 0.0134 e. The zero-order valence-electron chi connectivity index (χ0n) is 5.35. The third-order valence-corrected chi connectivity index (χ3v) is 1.50. The highest BCUT2D eigenvalue weighted by atomic mass is 14.8. The molecule has 0 aromatic rings. The first-order chi connectivity index (χ1) is 3.89. The van der Waals surface area contributed by atoms with E-state index in [4.69, 9.17) is 0 Å². The van der Waals surface area contributed by atoms with Gasteiger partial charge in [0.2, 0.25) is 0 Å². The van der Waals surface area contributed by atoms with Gasteiger partial charge in [0.25, 0.3) is 0 Å². The van der Waals surface area contributed by atoms with Gasteiger partial charge in [-0.1, -0.05) is 19.1 Å². The molecule has 0 saturated heterocycles. The molecule has 1 unspecified atom stereocenters. The summed E-state index contributed by atoms with van der Waals surface area (Å²) in [5.74, 6) is 0.782. The molecule has 0 saturated carbocycles. The van der Waals surface area contributed by atoms with Gasteiger partial charge in [0.1, 0.15) is 0 Å². The molecule has 0 amide bonds. The summed E-state index contributed by atoms with van der Waals surface area (Å²) >= 11 is 0. The smallest absolute Gasteiger partial charge is 0.0134 e. The molecule has 46 valence electrons. The fraction of sp³-hybridized carbons (Fsp3) is 0.714. The van der Waals surface area contributed by atoms with Crippen LogP contribution in [0, 0.1) is 5.92 Å². The molecule has 0 aromatic carbocycles. The van der Waals surface area contributed by atoms with Crippen molar-refractivity contribution >= 4 is 0 Å². The summed E-state index contributed by atoms with van der Waals surface area (Å²) in [5, 5.41) is 3.29. The Morgan fingerprint density at radius 3 is 3.38 bits per heavy atom. The molecule has 8 heavy (non-hydrogen) atoms. The Balaban J connectivity index is 2.33. The number of hydrogen-bond donors (Lipinski definition) is 1. The highest BCUT2D eigenvalue weighted by molar-refractivity contribution is 4.90. The third-order valence-electron chi connectivity index (χ3n) is 1.50. The van der Waals surface area contributed by atoms with Crippen molar-refractivity contribution in [2.75, 3.05) is 13.1 Å². The average Bonchev–Trinajstić information content (AvgIpc) is 1.94. The zero-order valence-corrected chi connectivity index (χ0v) is 5.35. The molecule has 1 nitrogen and oxygen atoms in total. The van der Waals surface area contributed by atoms with Crippen molar-refractivity contribution in [3.05, 3.63) is 12.2 Å². The minimum atomic E-state index is 0.782. The third kappa shape index (κ3) is 1.66. The average molecular weight is 111 g/mol. The first-order valence-electron chi connectivity index (χ1n) is 3.27. The van der Waals surface area contributed by atoms with E-state index in [1.54, 1.807) is 0 Å². The predicted octanol–water partition coefficient (Wildman–Crippen LogP) is 1.17. The van der Waals surface area contributed by atoms with Crippen LogP contribution in [0.3, 0.4) is 0 Å². The molecule has 1 heterocycles. The summed E-state index contributed by atoms with van der Waals surface area (Å²) in [6, 6.07) is 0. The van der Waals surface area contributed by atoms with Crippen molar-refractivity contribution in [2.45, 2.75) is 13.3 Å². The Labute approximate surface area is 50.8 Å². The molecule has 1 N–H and O–H groups in total. The van der Waals surface area contributed by atoms with Gasteiger partial charge in [0.15, 0.2) is 0 Å². The van der Waals surface area contributed by atoms with E-state index in [9.17, 15) is 0 Å². The standard InChI is InChI=1S/C7H13N/c1-7-3-2-5-8-6-4-7/h2-3,7-8H,4-6H2,1H3. The maximum absolute atomic E-state index is 3.29. The van der Waals surface area contributed by atoms with Crippen LogP contribution in [0.25, 0.3) is 0 Å². The summed E-state index contributed by atoms with van der Waals surface area (Å²) in [6.07, 6.45) is 5.77. The van der Waals surface area contributed by atoms with E-state index in [2.05, 4.69) is 24.4 Å². The Hall–Kier alpha value is -0.300. The number of nitrogens with one attached hydrogen (secondary N) is 1. The van der Waals surface area contributed by atoms with E-state index in [0.717, 1.165) is 12.5 Å². The van der Waals surface area contributed by atoms with Gasteiger partial charge in [-0.05, 0) is 18.9 Å². The lowest BCUT2D eigenvalue weighted by Gasteiger charge is -1.99. The second-order valence-corrected chi connectivity index (χ2v) is 2.40. The Kier molecular flexibility index (Phi) is 2.10. The molecule has 0 aliphatic carbocycles. The van der Waals surface area contributed by atoms with Gasteiger partial charge in [0, 0.05) is 6.54 Å². The summed E-state index contributed by atoms with van der Waals surface area (Å²) in [7, 11) is 0. The van der Waals surface area contributed by atoms with Crippen molar-refractivity contribution < 1.29 is 0 Å². The first kappa shape index (κ1) is 5.83. The molecular formula is C7H13N. The van der Waals surface area contributed by atoms with Crippen LogP contribution in [-0.4, -0.2) is 13.1 Å². The lowest BCUT2D eigenvalue weighted by atomic mass is 10.1. The number of allylic oxidation sites excluding steroid dienone is 1. The van der Waals surface area contributed by atoms with Crippen LogP contribution in [0.5, 0.6) is 0 Å². The lowest BCUT2D eigenvalue weighted by molar-refractivity contribution is 0.617. The van der Waals surface area contributed by atoms with E-state index in [1.807, 2.05) is 0 Å².